The van der Waals surface area contributed by atoms with Crippen LogP contribution in [0.2, 0.25) is 0 Å². The first-order valence-corrected chi connectivity index (χ1v) is 9.68. The molecule has 1 unspecified atom stereocenters. The third-order valence-electron chi connectivity index (χ3n) is 5.28. The van der Waals surface area contributed by atoms with Crippen molar-refractivity contribution in [2.24, 2.45) is 0 Å². The molecule has 0 aliphatic heterocycles. The van der Waals surface area contributed by atoms with Gasteiger partial charge in [0.05, 0.1) is 24.5 Å². The fourth-order valence-corrected chi connectivity index (χ4v) is 3.71. The van der Waals surface area contributed by atoms with Crippen molar-refractivity contribution in [1.82, 2.24) is 0 Å². The van der Waals surface area contributed by atoms with Gasteiger partial charge in [0.2, 0.25) is 5.43 Å². The van der Waals surface area contributed by atoms with E-state index in [1.54, 1.807) is 12.1 Å². The van der Waals surface area contributed by atoms with Gasteiger partial charge in [-0.3, -0.25) is 9.59 Å². The summed E-state index contributed by atoms with van der Waals surface area (Å²) in [6.07, 6.45) is 1.30. The molecule has 6 heteroatoms. The Kier molecular flexibility index (Phi) is 5.45. The Morgan fingerprint density at radius 2 is 1.71 bits per heavy atom. The minimum atomic E-state index is -0.569. The lowest BCUT2D eigenvalue weighted by atomic mass is 9.86. The van der Waals surface area contributed by atoms with E-state index in [1.807, 2.05) is 30.3 Å². The van der Waals surface area contributed by atoms with Crippen molar-refractivity contribution < 1.29 is 24.2 Å². The summed E-state index contributed by atoms with van der Waals surface area (Å²) >= 11 is 0. The van der Waals surface area contributed by atoms with Crippen LogP contribution in [0.5, 0.6) is 11.5 Å². The van der Waals surface area contributed by atoms with Gasteiger partial charge in [0, 0.05) is 11.5 Å². The van der Waals surface area contributed by atoms with Gasteiger partial charge >= 0.3 is 5.97 Å². The number of fused-ring (bicyclic) bond motifs is 1. The maximum atomic E-state index is 13.2. The molecule has 0 spiro atoms. The fourth-order valence-electron chi connectivity index (χ4n) is 3.71. The van der Waals surface area contributed by atoms with Gasteiger partial charge in [-0.2, -0.15) is 0 Å². The van der Waals surface area contributed by atoms with Crippen LogP contribution in [-0.4, -0.2) is 23.3 Å². The molecule has 3 aromatic carbocycles. The van der Waals surface area contributed by atoms with Crippen LogP contribution in [0.1, 0.15) is 23.5 Å². The zero-order chi connectivity index (χ0) is 22.0. The highest BCUT2D eigenvalue weighted by atomic mass is 16.5. The molecule has 0 amide bonds. The Labute approximate surface area is 178 Å². The average Bonchev–Trinajstić information content (AvgIpc) is 2.79. The zero-order valence-electron chi connectivity index (χ0n) is 16.7. The lowest BCUT2D eigenvalue weighted by molar-refractivity contribution is -0.140. The molecule has 4 rings (SSSR count). The molecule has 0 bridgehead atoms. The summed E-state index contributed by atoms with van der Waals surface area (Å²) in [6, 6.07) is 18.4. The number of phenolic OH excluding ortho intramolecular Hbond substituents is 2. The summed E-state index contributed by atoms with van der Waals surface area (Å²) in [5.41, 5.74) is 1.98. The number of phenols is 2. The van der Waals surface area contributed by atoms with Crippen molar-refractivity contribution in [1.29, 1.82) is 0 Å². The van der Waals surface area contributed by atoms with Crippen LogP contribution in [0.4, 0.5) is 0 Å². The summed E-state index contributed by atoms with van der Waals surface area (Å²) in [7, 11) is 1.30. The second kappa shape index (κ2) is 8.36. The molecule has 6 nitrogen and oxygen atoms in total. The minimum absolute atomic E-state index is 0.0311. The molecule has 4 aromatic rings. The highest BCUT2D eigenvalue weighted by Crippen LogP contribution is 2.39. The number of rotatable bonds is 5. The normalized spacial score (nSPS) is 11.9. The molecule has 1 atom stereocenters. The van der Waals surface area contributed by atoms with E-state index in [1.165, 1.54) is 37.6 Å². The SMILES string of the molecule is COC(=O)CC(c1ccccc1)c1c(O)ccc2c(=O)c(-c3ccc(O)cc3)coc12. The third kappa shape index (κ3) is 3.88. The number of carbonyl (C=O) groups excluding carboxylic acids is 1. The Hall–Kier alpha value is -4.06. The van der Waals surface area contributed by atoms with E-state index < -0.39 is 11.9 Å². The fraction of sp³-hybridized carbons (Fsp3) is 0.120. The van der Waals surface area contributed by atoms with Crippen LogP contribution in [0.3, 0.4) is 0 Å². The lowest BCUT2D eigenvalue weighted by Gasteiger charge is -2.19. The molecule has 0 aliphatic rings. The first kappa shape index (κ1) is 20.2. The van der Waals surface area contributed by atoms with Gasteiger partial charge in [0.15, 0.2) is 0 Å². The summed E-state index contributed by atoms with van der Waals surface area (Å²) in [5, 5.41) is 20.5. The van der Waals surface area contributed by atoms with E-state index in [0.717, 1.165) is 5.56 Å². The van der Waals surface area contributed by atoms with Gasteiger partial charge in [-0.1, -0.05) is 42.5 Å². The summed E-state index contributed by atoms with van der Waals surface area (Å²) < 4.78 is 10.7. The van der Waals surface area contributed by atoms with Gasteiger partial charge < -0.3 is 19.4 Å². The van der Waals surface area contributed by atoms with Gasteiger partial charge in [-0.05, 0) is 35.4 Å². The van der Waals surface area contributed by atoms with E-state index in [2.05, 4.69) is 0 Å². The Morgan fingerprint density at radius 1 is 1.00 bits per heavy atom. The molecule has 0 saturated carbocycles. The monoisotopic (exact) mass is 416 g/mol. The lowest BCUT2D eigenvalue weighted by Crippen LogP contribution is -2.12. The van der Waals surface area contributed by atoms with E-state index in [9.17, 15) is 19.8 Å². The highest BCUT2D eigenvalue weighted by Gasteiger charge is 2.26. The smallest absolute Gasteiger partial charge is 0.306 e. The van der Waals surface area contributed by atoms with Crippen molar-refractivity contribution in [2.45, 2.75) is 12.3 Å². The molecule has 0 saturated heterocycles. The van der Waals surface area contributed by atoms with Crippen LogP contribution in [0.15, 0.2) is 82.2 Å². The summed E-state index contributed by atoms with van der Waals surface area (Å²) in [5.74, 6) is -1.01. The molecule has 0 fully saturated rings. The van der Waals surface area contributed by atoms with E-state index in [4.69, 9.17) is 9.15 Å². The Balaban J connectivity index is 1.93. The van der Waals surface area contributed by atoms with Crippen LogP contribution < -0.4 is 5.43 Å². The van der Waals surface area contributed by atoms with Crippen LogP contribution in [0.25, 0.3) is 22.1 Å². The standard InChI is InChI=1S/C25H20O6/c1-30-22(28)13-19(15-5-3-2-4-6-15)23-21(27)12-11-18-24(29)20(14-31-25(18)23)16-7-9-17(26)10-8-16/h2-12,14,19,26-27H,13H2,1H3. The Morgan fingerprint density at radius 3 is 2.39 bits per heavy atom. The van der Waals surface area contributed by atoms with Crippen molar-refractivity contribution >= 4 is 16.9 Å². The van der Waals surface area contributed by atoms with Crippen molar-refractivity contribution in [3.05, 3.63) is 94.3 Å². The third-order valence-corrected chi connectivity index (χ3v) is 5.28. The Bertz CT molecular complexity index is 1290. The predicted octanol–water partition coefficient (Wildman–Crippen LogP) is 4.57. The summed E-state index contributed by atoms with van der Waals surface area (Å²) in [4.78, 5) is 25.4. The maximum Gasteiger partial charge on any atom is 0.306 e. The molecule has 0 aliphatic carbocycles. The van der Waals surface area contributed by atoms with Gasteiger partial charge in [-0.15, -0.1) is 0 Å². The van der Waals surface area contributed by atoms with Crippen molar-refractivity contribution in [2.75, 3.05) is 7.11 Å². The first-order chi connectivity index (χ1) is 15.0. The van der Waals surface area contributed by atoms with Gasteiger partial charge in [0.1, 0.15) is 23.3 Å². The predicted molar refractivity (Wildman–Crippen MR) is 116 cm³/mol. The number of ether oxygens (including phenoxy) is 1. The maximum absolute atomic E-state index is 13.2. The molecular formula is C25H20O6. The average molecular weight is 416 g/mol. The number of methoxy groups -OCH3 is 1. The van der Waals surface area contributed by atoms with Crippen LogP contribution in [-0.2, 0) is 9.53 Å². The van der Waals surface area contributed by atoms with Crippen LogP contribution in [0, 0.1) is 0 Å². The zero-order valence-corrected chi connectivity index (χ0v) is 16.7. The molecular weight excluding hydrogens is 396 g/mol. The molecule has 1 aromatic heterocycles. The highest BCUT2D eigenvalue weighted by molar-refractivity contribution is 5.87. The van der Waals surface area contributed by atoms with E-state index in [-0.39, 0.29) is 34.3 Å². The second-order valence-corrected chi connectivity index (χ2v) is 7.14. The van der Waals surface area contributed by atoms with E-state index in [0.29, 0.717) is 16.7 Å². The molecule has 31 heavy (non-hydrogen) atoms. The number of benzene rings is 3. The van der Waals surface area contributed by atoms with Crippen molar-refractivity contribution in [3.8, 4) is 22.6 Å². The molecule has 1 heterocycles. The quantitative estimate of drug-likeness (QED) is 0.463. The summed E-state index contributed by atoms with van der Waals surface area (Å²) in [6.45, 7) is 0. The van der Waals surface area contributed by atoms with E-state index >= 15 is 0 Å². The van der Waals surface area contributed by atoms with Crippen LogP contribution >= 0.6 is 0 Å². The number of hydrogen-bond donors (Lipinski definition) is 2. The number of aromatic hydroxyl groups is 2. The number of hydrogen-bond acceptors (Lipinski definition) is 6. The molecule has 2 N–H and O–H groups in total. The number of esters is 1. The number of carbonyl (C=O) groups is 1. The molecule has 156 valence electrons. The van der Waals surface area contributed by atoms with Gasteiger partial charge in [0.25, 0.3) is 0 Å². The topological polar surface area (TPSA) is 97.0 Å². The minimum Gasteiger partial charge on any atom is -0.508 e. The molecule has 0 radical (unpaired) electrons. The largest absolute Gasteiger partial charge is 0.508 e. The first-order valence-electron chi connectivity index (χ1n) is 9.68. The second-order valence-electron chi connectivity index (χ2n) is 7.14. The van der Waals surface area contributed by atoms with Crippen molar-refractivity contribution in [3.63, 3.8) is 0 Å². The van der Waals surface area contributed by atoms with Gasteiger partial charge in [-0.25, -0.2) is 0 Å².